The number of nitrogens with zero attached hydrogens (tertiary/aromatic N) is 2. The molecule has 0 aliphatic rings. The lowest BCUT2D eigenvalue weighted by Gasteiger charge is -2.16. The lowest BCUT2D eigenvalue weighted by atomic mass is 10.0. The largest absolute Gasteiger partial charge is 0.368 e. The number of rotatable bonds is 6. The molecular formula is C17H21ClN4O2. The molecule has 0 bridgehead atoms. The van der Waals surface area contributed by atoms with Crippen molar-refractivity contribution >= 4 is 23.4 Å². The van der Waals surface area contributed by atoms with Crippen molar-refractivity contribution in [3.63, 3.8) is 0 Å². The summed E-state index contributed by atoms with van der Waals surface area (Å²) in [6.45, 7) is 5.71. The third-order valence-electron chi connectivity index (χ3n) is 3.74. The highest BCUT2D eigenvalue weighted by Gasteiger charge is 2.24. The maximum Gasteiger partial charge on any atom is 0.255 e. The molecule has 1 aromatic heterocycles. The van der Waals surface area contributed by atoms with E-state index in [-0.39, 0.29) is 11.8 Å². The summed E-state index contributed by atoms with van der Waals surface area (Å²) in [6.07, 6.45) is 1.92. The van der Waals surface area contributed by atoms with Crippen molar-refractivity contribution in [1.82, 2.24) is 15.1 Å². The molecule has 1 atom stereocenters. The quantitative estimate of drug-likeness (QED) is 0.840. The number of para-hydroxylation sites is 1. The number of nitrogens with two attached hydrogens (primary N) is 1. The van der Waals surface area contributed by atoms with Crippen molar-refractivity contribution in [2.24, 2.45) is 5.73 Å². The van der Waals surface area contributed by atoms with Gasteiger partial charge in [-0.1, -0.05) is 44.5 Å². The number of benzene rings is 1. The van der Waals surface area contributed by atoms with Crippen LogP contribution in [0, 0.1) is 0 Å². The van der Waals surface area contributed by atoms with E-state index in [0.29, 0.717) is 22.7 Å². The average molecular weight is 349 g/mol. The van der Waals surface area contributed by atoms with Gasteiger partial charge in [-0.05, 0) is 24.5 Å². The van der Waals surface area contributed by atoms with Gasteiger partial charge in [0, 0.05) is 0 Å². The van der Waals surface area contributed by atoms with Crippen LogP contribution in [0.4, 0.5) is 0 Å². The smallest absolute Gasteiger partial charge is 0.255 e. The van der Waals surface area contributed by atoms with Gasteiger partial charge in [0.25, 0.3) is 5.91 Å². The Morgan fingerprint density at radius 3 is 2.54 bits per heavy atom. The number of carbonyl (C=O) groups is 2. The van der Waals surface area contributed by atoms with Crippen LogP contribution in [0.2, 0.25) is 5.02 Å². The zero-order valence-corrected chi connectivity index (χ0v) is 14.7. The zero-order valence-electron chi connectivity index (χ0n) is 13.9. The van der Waals surface area contributed by atoms with Crippen molar-refractivity contribution in [2.75, 3.05) is 0 Å². The van der Waals surface area contributed by atoms with E-state index in [4.69, 9.17) is 17.3 Å². The van der Waals surface area contributed by atoms with Gasteiger partial charge in [0.1, 0.15) is 6.04 Å². The Balaban J connectivity index is 2.44. The molecule has 2 aromatic rings. The predicted octanol–water partition coefficient (Wildman–Crippen LogP) is 2.64. The van der Waals surface area contributed by atoms with E-state index in [1.165, 1.54) is 6.20 Å². The lowest BCUT2D eigenvalue weighted by Crippen LogP contribution is -2.44. The van der Waals surface area contributed by atoms with Crippen LogP contribution in [-0.2, 0) is 4.79 Å². The number of amides is 2. The summed E-state index contributed by atoms with van der Waals surface area (Å²) in [5, 5.41) is 7.52. The van der Waals surface area contributed by atoms with Crippen molar-refractivity contribution < 1.29 is 9.59 Å². The molecule has 0 radical (unpaired) electrons. The monoisotopic (exact) mass is 348 g/mol. The molecule has 1 unspecified atom stereocenters. The fraction of sp³-hybridized carbons (Fsp3) is 0.353. The first-order valence-corrected chi connectivity index (χ1v) is 8.17. The lowest BCUT2D eigenvalue weighted by molar-refractivity contribution is -0.119. The fourth-order valence-corrected chi connectivity index (χ4v) is 2.73. The summed E-state index contributed by atoms with van der Waals surface area (Å²) in [7, 11) is 0. The molecule has 2 rings (SSSR count). The van der Waals surface area contributed by atoms with Crippen LogP contribution in [0.1, 0.15) is 49.2 Å². The topological polar surface area (TPSA) is 90.0 Å². The van der Waals surface area contributed by atoms with E-state index >= 15 is 0 Å². The standard InChI is InChI=1S/C17H21ClN4O2/c1-4-13(16(19)23)21-17(24)11-9-20-22(15(11)10(2)3)14-8-6-5-7-12(14)18/h5-10,13H,4H2,1-3H3,(H2,19,23)(H,21,24). The third kappa shape index (κ3) is 3.59. The summed E-state index contributed by atoms with van der Waals surface area (Å²) in [6, 6.07) is 6.58. The number of carbonyl (C=O) groups excluding carboxylic acids is 2. The maximum atomic E-state index is 12.6. The van der Waals surface area contributed by atoms with E-state index in [1.807, 2.05) is 32.0 Å². The molecule has 6 nitrogen and oxygen atoms in total. The second-order valence-electron chi connectivity index (χ2n) is 5.80. The minimum atomic E-state index is -0.707. The zero-order chi connectivity index (χ0) is 17.9. The van der Waals surface area contributed by atoms with Gasteiger partial charge in [-0.15, -0.1) is 0 Å². The van der Waals surface area contributed by atoms with E-state index in [2.05, 4.69) is 10.4 Å². The SMILES string of the molecule is CCC(NC(=O)c1cnn(-c2ccccc2Cl)c1C(C)C)C(N)=O. The van der Waals surface area contributed by atoms with Crippen LogP contribution in [-0.4, -0.2) is 27.6 Å². The van der Waals surface area contributed by atoms with Gasteiger partial charge in [-0.2, -0.15) is 5.10 Å². The number of nitrogens with one attached hydrogen (secondary N) is 1. The molecule has 0 saturated heterocycles. The molecule has 3 N–H and O–H groups in total. The van der Waals surface area contributed by atoms with Crippen LogP contribution in [0.3, 0.4) is 0 Å². The molecule has 24 heavy (non-hydrogen) atoms. The summed E-state index contributed by atoms with van der Waals surface area (Å²) >= 11 is 6.25. The molecule has 2 amide bonds. The molecule has 128 valence electrons. The number of primary amides is 1. The highest BCUT2D eigenvalue weighted by molar-refractivity contribution is 6.32. The molecule has 0 saturated carbocycles. The third-order valence-corrected chi connectivity index (χ3v) is 4.06. The normalized spacial score (nSPS) is 12.2. The van der Waals surface area contributed by atoms with Crippen molar-refractivity contribution in [3.8, 4) is 5.69 Å². The second kappa shape index (κ2) is 7.49. The highest BCUT2D eigenvalue weighted by Crippen LogP contribution is 2.27. The minimum Gasteiger partial charge on any atom is -0.368 e. The van der Waals surface area contributed by atoms with Crippen LogP contribution in [0.25, 0.3) is 5.69 Å². The summed E-state index contributed by atoms with van der Waals surface area (Å²) in [5.41, 5.74) is 7.12. The van der Waals surface area contributed by atoms with Gasteiger partial charge in [0.05, 0.1) is 28.2 Å². The maximum absolute atomic E-state index is 12.6. The molecule has 1 heterocycles. The number of hydrogen-bond donors (Lipinski definition) is 2. The molecule has 0 fully saturated rings. The number of halogens is 1. The summed E-state index contributed by atoms with van der Waals surface area (Å²) < 4.78 is 1.66. The average Bonchev–Trinajstić information content (AvgIpc) is 2.97. The first kappa shape index (κ1) is 18.0. The van der Waals surface area contributed by atoms with Crippen molar-refractivity contribution in [3.05, 3.63) is 46.7 Å². The highest BCUT2D eigenvalue weighted by atomic mass is 35.5. The Morgan fingerprint density at radius 1 is 1.33 bits per heavy atom. The molecule has 0 aliphatic carbocycles. The molecule has 1 aromatic carbocycles. The van der Waals surface area contributed by atoms with E-state index < -0.39 is 11.9 Å². The summed E-state index contributed by atoms with van der Waals surface area (Å²) in [5.74, 6) is -0.906. The fourth-order valence-electron chi connectivity index (χ4n) is 2.51. The Labute approximate surface area is 146 Å². The van der Waals surface area contributed by atoms with Gasteiger partial charge >= 0.3 is 0 Å². The molecule has 7 heteroatoms. The number of aromatic nitrogens is 2. The van der Waals surface area contributed by atoms with Crippen LogP contribution in [0.5, 0.6) is 0 Å². The van der Waals surface area contributed by atoms with E-state index in [9.17, 15) is 9.59 Å². The second-order valence-corrected chi connectivity index (χ2v) is 6.21. The molecule has 0 aliphatic heterocycles. The van der Waals surface area contributed by atoms with Crippen molar-refractivity contribution in [2.45, 2.75) is 39.2 Å². The van der Waals surface area contributed by atoms with Gasteiger partial charge in [0.15, 0.2) is 0 Å². The van der Waals surface area contributed by atoms with Crippen LogP contribution in [0.15, 0.2) is 30.5 Å². The minimum absolute atomic E-state index is 0.0261. The van der Waals surface area contributed by atoms with Gasteiger partial charge in [0.2, 0.25) is 5.91 Å². The predicted molar refractivity (Wildman–Crippen MR) is 93.4 cm³/mol. The Hall–Kier alpha value is -2.34. The van der Waals surface area contributed by atoms with Gasteiger partial charge in [-0.25, -0.2) is 4.68 Å². The Bertz CT molecular complexity index is 755. The first-order valence-electron chi connectivity index (χ1n) is 7.79. The van der Waals surface area contributed by atoms with E-state index in [1.54, 1.807) is 17.7 Å². The van der Waals surface area contributed by atoms with Crippen LogP contribution >= 0.6 is 11.6 Å². The van der Waals surface area contributed by atoms with E-state index in [0.717, 1.165) is 5.69 Å². The molecule has 0 spiro atoms. The first-order chi connectivity index (χ1) is 11.4. The van der Waals surface area contributed by atoms with Crippen molar-refractivity contribution in [1.29, 1.82) is 0 Å². The van der Waals surface area contributed by atoms with Gasteiger partial charge < -0.3 is 11.1 Å². The summed E-state index contributed by atoms with van der Waals surface area (Å²) in [4.78, 5) is 23.9. The van der Waals surface area contributed by atoms with Gasteiger partial charge in [-0.3, -0.25) is 9.59 Å². The number of hydrogen-bond acceptors (Lipinski definition) is 3. The van der Waals surface area contributed by atoms with Crippen LogP contribution < -0.4 is 11.1 Å². The molecular weight excluding hydrogens is 328 g/mol. The Kier molecular flexibility index (Phi) is 5.62. The Morgan fingerprint density at radius 2 is 2.00 bits per heavy atom.